The number of fused-ring (bicyclic) bond motifs is 5. The molecule has 3 N–H and O–H groups in total. The van der Waals surface area contributed by atoms with E-state index in [0.717, 1.165) is 0 Å². The molecular formula is C18H15NO8. The lowest BCUT2D eigenvalue weighted by molar-refractivity contribution is 0.0300. The molecule has 4 rings (SSSR count). The maximum Gasteiger partial charge on any atom is 0.336 e. The van der Waals surface area contributed by atoms with Crippen LogP contribution in [-0.2, 0) is 0 Å². The van der Waals surface area contributed by atoms with Gasteiger partial charge in [-0.3, -0.25) is 10.4 Å². The molecule has 9 nitrogen and oxygen atoms in total. The number of carboxylic acid groups (broad SMARTS) is 1. The summed E-state index contributed by atoms with van der Waals surface area (Å²) in [5.41, 5.74) is -0.311. The first kappa shape index (κ1) is 17.0. The van der Waals surface area contributed by atoms with E-state index in [0.29, 0.717) is 33.4 Å². The Labute approximate surface area is 152 Å². The second-order valence-electron chi connectivity index (χ2n) is 5.79. The number of hydrogen-bond donors (Lipinski definition) is 3. The Bertz CT molecular complexity index is 1090. The minimum absolute atomic E-state index is 0.0749. The number of hydrogen-bond acceptors (Lipinski definition) is 8. The Morgan fingerprint density at radius 1 is 1.07 bits per heavy atom. The Balaban J connectivity index is 2.30. The summed E-state index contributed by atoms with van der Waals surface area (Å²) in [5, 5.41) is 30.6. The molecule has 3 aromatic carbocycles. The number of carbonyl (C=O) groups is 1. The lowest BCUT2D eigenvalue weighted by Gasteiger charge is -2.19. The van der Waals surface area contributed by atoms with Crippen molar-refractivity contribution in [3.05, 3.63) is 29.8 Å². The van der Waals surface area contributed by atoms with Gasteiger partial charge < -0.3 is 24.1 Å². The Morgan fingerprint density at radius 3 is 2.48 bits per heavy atom. The highest BCUT2D eigenvalue weighted by Gasteiger charge is 2.28. The SMILES string of the molecule is COc1ccc2c(cc(N(O)O)c3c(C(=O)O)cc4c(c32)OCO4)c1OC. The summed E-state index contributed by atoms with van der Waals surface area (Å²) in [4.78, 5) is 11.8. The van der Waals surface area contributed by atoms with E-state index >= 15 is 0 Å². The van der Waals surface area contributed by atoms with Gasteiger partial charge in [0, 0.05) is 16.2 Å². The van der Waals surface area contributed by atoms with Crippen LogP contribution in [0.5, 0.6) is 23.0 Å². The van der Waals surface area contributed by atoms with Crippen LogP contribution in [0.2, 0.25) is 0 Å². The van der Waals surface area contributed by atoms with Gasteiger partial charge in [0.15, 0.2) is 23.0 Å². The maximum absolute atomic E-state index is 11.8. The van der Waals surface area contributed by atoms with E-state index in [9.17, 15) is 20.3 Å². The number of benzene rings is 3. The summed E-state index contributed by atoms with van der Waals surface area (Å²) in [6.07, 6.45) is 0. The van der Waals surface area contributed by atoms with Crippen molar-refractivity contribution in [1.29, 1.82) is 0 Å². The highest BCUT2D eigenvalue weighted by atomic mass is 16.8. The van der Waals surface area contributed by atoms with Gasteiger partial charge >= 0.3 is 5.97 Å². The highest BCUT2D eigenvalue weighted by Crippen LogP contribution is 2.50. The molecule has 3 aromatic rings. The topological polar surface area (TPSA) is 118 Å². The number of methoxy groups -OCH3 is 2. The predicted octanol–water partition coefficient (Wildman–Crippen LogP) is 3.02. The fourth-order valence-electron chi connectivity index (χ4n) is 3.41. The molecule has 1 heterocycles. The molecule has 0 radical (unpaired) electrons. The number of anilines is 1. The van der Waals surface area contributed by atoms with Gasteiger partial charge in [-0.15, -0.1) is 5.23 Å². The van der Waals surface area contributed by atoms with E-state index < -0.39 is 5.97 Å². The second-order valence-corrected chi connectivity index (χ2v) is 5.79. The molecule has 0 saturated carbocycles. The molecule has 0 aliphatic carbocycles. The van der Waals surface area contributed by atoms with Crippen LogP contribution in [0.3, 0.4) is 0 Å². The molecule has 140 valence electrons. The average molecular weight is 373 g/mol. The largest absolute Gasteiger partial charge is 0.493 e. The average Bonchev–Trinajstić information content (AvgIpc) is 3.13. The van der Waals surface area contributed by atoms with E-state index in [-0.39, 0.29) is 34.4 Å². The third-order valence-corrected chi connectivity index (χ3v) is 4.50. The van der Waals surface area contributed by atoms with Crippen molar-refractivity contribution in [2.24, 2.45) is 0 Å². The molecule has 0 fully saturated rings. The number of aromatic carboxylic acids is 1. The molecule has 9 heteroatoms. The van der Waals surface area contributed by atoms with Crippen molar-refractivity contribution >= 4 is 33.2 Å². The van der Waals surface area contributed by atoms with Crippen LogP contribution in [0.15, 0.2) is 24.3 Å². The van der Waals surface area contributed by atoms with Crippen molar-refractivity contribution < 1.29 is 39.3 Å². The van der Waals surface area contributed by atoms with Crippen LogP contribution in [0.4, 0.5) is 5.69 Å². The Morgan fingerprint density at radius 2 is 1.85 bits per heavy atom. The van der Waals surface area contributed by atoms with Gasteiger partial charge in [0.1, 0.15) is 5.69 Å². The molecule has 0 atom stereocenters. The second kappa shape index (κ2) is 6.08. The first-order valence-corrected chi connectivity index (χ1v) is 7.83. The standard InChI is InChI=1S/C18H15NO8/c1-24-12-4-3-8-9(16(12)25-2)5-11(19(22)23)14-10(18(20)21)6-13-17(15(8)14)27-7-26-13/h3-6,22-23H,7H2,1-2H3,(H,20,21). The summed E-state index contributed by atoms with van der Waals surface area (Å²) in [7, 11) is 2.93. The smallest absolute Gasteiger partial charge is 0.336 e. The van der Waals surface area contributed by atoms with Crippen molar-refractivity contribution in [3.8, 4) is 23.0 Å². The number of ether oxygens (including phenoxy) is 4. The highest BCUT2D eigenvalue weighted by molar-refractivity contribution is 6.23. The summed E-state index contributed by atoms with van der Waals surface area (Å²) >= 11 is 0. The normalized spacial score (nSPS) is 12.4. The van der Waals surface area contributed by atoms with Crippen LogP contribution in [0.25, 0.3) is 21.5 Å². The molecular weight excluding hydrogens is 358 g/mol. The zero-order valence-electron chi connectivity index (χ0n) is 14.3. The lowest BCUT2D eigenvalue weighted by atomic mass is 9.94. The summed E-state index contributed by atoms with van der Waals surface area (Å²) in [6.45, 7) is -0.0749. The van der Waals surface area contributed by atoms with Gasteiger partial charge in [-0.2, -0.15) is 0 Å². The maximum atomic E-state index is 11.8. The minimum atomic E-state index is -1.25. The molecule has 0 spiro atoms. The zero-order valence-corrected chi connectivity index (χ0v) is 14.3. The molecule has 0 aromatic heterocycles. The van der Waals surface area contributed by atoms with Crippen LogP contribution in [0, 0.1) is 0 Å². The van der Waals surface area contributed by atoms with Crippen molar-refractivity contribution in [3.63, 3.8) is 0 Å². The fraction of sp³-hybridized carbons (Fsp3) is 0.167. The first-order valence-electron chi connectivity index (χ1n) is 7.83. The summed E-state index contributed by atoms with van der Waals surface area (Å²) in [5.74, 6) is 0.113. The van der Waals surface area contributed by atoms with Crippen LogP contribution < -0.4 is 24.2 Å². The van der Waals surface area contributed by atoms with Gasteiger partial charge in [-0.05, 0) is 29.7 Å². The number of nitrogens with zero attached hydrogens (tertiary/aromatic N) is 1. The predicted molar refractivity (Wildman–Crippen MR) is 93.7 cm³/mol. The summed E-state index contributed by atoms with van der Waals surface area (Å²) < 4.78 is 21.7. The van der Waals surface area contributed by atoms with Gasteiger partial charge in [-0.25, -0.2) is 4.79 Å². The van der Waals surface area contributed by atoms with Crippen molar-refractivity contribution in [2.75, 3.05) is 26.2 Å². The minimum Gasteiger partial charge on any atom is -0.493 e. The molecule has 1 aliphatic rings. The lowest BCUT2D eigenvalue weighted by Crippen LogP contribution is -2.13. The number of rotatable bonds is 4. The fourth-order valence-corrected chi connectivity index (χ4v) is 3.41. The quantitative estimate of drug-likeness (QED) is 0.468. The zero-order chi connectivity index (χ0) is 19.3. The van der Waals surface area contributed by atoms with E-state index in [1.54, 1.807) is 12.1 Å². The van der Waals surface area contributed by atoms with Gasteiger partial charge in [0.05, 0.1) is 19.8 Å². The molecule has 1 aliphatic heterocycles. The Hall–Kier alpha value is -3.43. The van der Waals surface area contributed by atoms with E-state index in [1.807, 2.05) is 0 Å². The van der Waals surface area contributed by atoms with Crippen LogP contribution in [0.1, 0.15) is 10.4 Å². The van der Waals surface area contributed by atoms with E-state index in [1.165, 1.54) is 26.4 Å². The molecule has 0 amide bonds. The third-order valence-electron chi connectivity index (χ3n) is 4.50. The Kier molecular flexibility index (Phi) is 3.83. The van der Waals surface area contributed by atoms with Crippen LogP contribution >= 0.6 is 0 Å². The molecule has 0 unspecified atom stereocenters. The van der Waals surface area contributed by atoms with Gasteiger partial charge in [0.2, 0.25) is 6.79 Å². The molecule has 0 saturated heterocycles. The van der Waals surface area contributed by atoms with Gasteiger partial charge in [-0.1, -0.05) is 0 Å². The monoisotopic (exact) mass is 373 g/mol. The van der Waals surface area contributed by atoms with Crippen molar-refractivity contribution in [1.82, 2.24) is 0 Å². The van der Waals surface area contributed by atoms with Crippen molar-refractivity contribution in [2.45, 2.75) is 0 Å². The third kappa shape index (κ3) is 2.36. The van der Waals surface area contributed by atoms with E-state index in [2.05, 4.69) is 0 Å². The van der Waals surface area contributed by atoms with Crippen LogP contribution in [-0.4, -0.2) is 42.5 Å². The molecule has 27 heavy (non-hydrogen) atoms. The van der Waals surface area contributed by atoms with E-state index in [4.69, 9.17) is 18.9 Å². The first-order chi connectivity index (χ1) is 13.0. The number of carboxylic acids is 1. The summed E-state index contributed by atoms with van der Waals surface area (Å²) in [6, 6.07) is 6.10. The molecule has 0 bridgehead atoms. The van der Waals surface area contributed by atoms with Gasteiger partial charge in [0.25, 0.3) is 0 Å².